The van der Waals surface area contributed by atoms with Crippen LogP contribution < -0.4 is 31.8 Å². The number of sulfonamides is 1. The van der Waals surface area contributed by atoms with Crippen LogP contribution in [0.4, 0.5) is 5.69 Å². The van der Waals surface area contributed by atoms with E-state index in [0.717, 1.165) is 0 Å². The number of benzene rings is 2. The second-order valence-corrected chi connectivity index (χ2v) is 10.8. The zero-order chi connectivity index (χ0) is 28.5. The van der Waals surface area contributed by atoms with Crippen LogP contribution in [0.25, 0.3) is 10.9 Å². The summed E-state index contributed by atoms with van der Waals surface area (Å²) in [6.45, 7) is 3.40. The number of rotatable bonds is 10. The summed E-state index contributed by atoms with van der Waals surface area (Å²) < 4.78 is 42.0. The Bertz CT molecular complexity index is 1680. The normalized spacial score (nSPS) is 13.9. The van der Waals surface area contributed by atoms with Crippen LogP contribution in [0.3, 0.4) is 0 Å². The van der Waals surface area contributed by atoms with E-state index in [1.54, 1.807) is 6.07 Å². The van der Waals surface area contributed by atoms with Crippen LogP contribution >= 0.6 is 0 Å². The summed E-state index contributed by atoms with van der Waals surface area (Å²) in [5.74, 6) is -1.81. The quantitative estimate of drug-likeness (QED) is 0.280. The van der Waals surface area contributed by atoms with Gasteiger partial charge in [-0.15, -0.1) is 4.40 Å². The molecule has 0 fully saturated rings. The molecule has 0 unspecified atom stereocenters. The lowest BCUT2D eigenvalue weighted by atomic mass is 10.1. The number of aromatic hydroxyl groups is 1. The molecule has 1 aliphatic heterocycles. The Hall–Kier alpha value is -4.59. The molecule has 4 rings (SSSR count). The van der Waals surface area contributed by atoms with Crippen molar-refractivity contribution in [2.45, 2.75) is 31.7 Å². The summed E-state index contributed by atoms with van der Waals surface area (Å²) in [5.41, 5.74) is 9.67. The highest BCUT2D eigenvalue weighted by atomic mass is 32.2. The fourth-order valence-corrected chi connectivity index (χ4v) is 5.12. The van der Waals surface area contributed by atoms with Gasteiger partial charge < -0.3 is 35.9 Å². The fourth-order valence-electron chi connectivity index (χ4n) is 3.98. The van der Waals surface area contributed by atoms with Gasteiger partial charge in [0.25, 0.3) is 27.4 Å². The minimum Gasteiger partial charge on any atom is -0.506 e. The largest absolute Gasteiger partial charge is 0.506 e. The number of carbonyl (C=O) groups excluding carboxylic acids is 2. The molecule has 206 valence electrons. The summed E-state index contributed by atoms with van der Waals surface area (Å²) in [5, 5.41) is 14.2. The third-order valence-corrected chi connectivity index (χ3v) is 7.15. The van der Waals surface area contributed by atoms with E-state index in [2.05, 4.69) is 9.71 Å². The first-order valence-electron chi connectivity index (χ1n) is 11.9. The highest BCUT2D eigenvalue weighted by Crippen LogP contribution is 2.35. The van der Waals surface area contributed by atoms with Gasteiger partial charge >= 0.3 is 0 Å². The van der Waals surface area contributed by atoms with Crippen molar-refractivity contribution in [1.29, 1.82) is 0 Å². The maximum Gasteiger partial charge on any atom is 0.286 e. The molecule has 0 bridgehead atoms. The third-order valence-electron chi connectivity index (χ3n) is 5.83. The Morgan fingerprint density at radius 3 is 2.28 bits per heavy atom. The maximum atomic E-state index is 13.7. The van der Waals surface area contributed by atoms with Crippen molar-refractivity contribution in [2.24, 2.45) is 21.8 Å². The monoisotopic (exact) mass is 557 g/mol. The first-order chi connectivity index (χ1) is 18.4. The minimum absolute atomic E-state index is 0.0738. The number of nitrogens with two attached hydrogens (primary N) is 2. The highest BCUT2D eigenvalue weighted by molar-refractivity contribution is 7.90. The molecule has 2 aromatic carbocycles. The molecular formula is C25H27N5O8S. The van der Waals surface area contributed by atoms with Crippen LogP contribution in [-0.2, 0) is 26.2 Å². The number of hydrogen-bond donors (Lipinski definition) is 4. The number of nitrogens with one attached hydrogen (secondary N) is 1. The van der Waals surface area contributed by atoms with Crippen molar-refractivity contribution < 1.29 is 32.6 Å². The molecule has 0 aliphatic carbocycles. The molecule has 14 heteroatoms. The van der Waals surface area contributed by atoms with Gasteiger partial charge in [0.05, 0.1) is 11.2 Å². The van der Waals surface area contributed by atoms with Crippen LogP contribution in [-0.4, -0.2) is 49.0 Å². The average Bonchev–Trinajstić information content (AvgIpc) is 2.86. The summed E-state index contributed by atoms with van der Waals surface area (Å²) in [6.07, 6.45) is 0.619. The van der Waals surface area contributed by atoms with Crippen LogP contribution in [0.2, 0.25) is 0 Å². The lowest BCUT2D eigenvalue weighted by Gasteiger charge is -2.21. The van der Waals surface area contributed by atoms with E-state index < -0.39 is 46.4 Å². The molecule has 0 spiro atoms. The van der Waals surface area contributed by atoms with Crippen molar-refractivity contribution in [2.75, 3.05) is 18.5 Å². The van der Waals surface area contributed by atoms with Gasteiger partial charge in [-0.25, -0.2) is 0 Å². The van der Waals surface area contributed by atoms with Gasteiger partial charge in [-0.05, 0) is 42.7 Å². The predicted octanol–water partition coefficient (Wildman–Crippen LogP) is 1.04. The number of anilines is 1. The Labute approximate surface area is 223 Å². The first kappa shape index (κ1) is 27.4. The van der Waals surface area contributed by atoms with E-state index in [1.165, 1.54) is 34.9 Å². The number of aryl methyl sites for hydroxylation is 1. The number of fused-ring (bicyclic) bond motifs is 2. The number of amides is 2. The Morgan fingerprint density at radius 2 is 1.67 bits per heavy atom. The Morgan fingerprint density at radius 1 is 1.05 bits per heavy atom. The molecule has 3 aromatic rings. The standard InChI is InChI=1S/C25H27N5O8S/c1-13(2)7-8-30-18-6-4-14(37-11-20(26)31)9-16(18)23(33)22(25(30)34)24-28-17-5-3-15(38-12-21(27)32)10-19(17)39(35,36)29-24/h3-6,9-10,13,33H,7-8,11-12H2,1-2H3,(H2,26,31)(H2,27,32)(H,28,29). The van der Waals surface area contributed by atoms with Crippen LogP contribution in [0.5, 0.6) is 17.2 Å². The van der Waals surface area contributed by atoms with Crippen LogP contribution in [0.15, 0.2) is 50.5 Å². The van der Waals surface area contributed by atoms with Gasteiger partial charge in [0.2, 0.25) is 0 Å². The van der Waals surface area contributed by atoms with Crippen molar-refractivity contribution >= 4 is 44.3 Å². The second kappa shape index (κ2) is 10.6. The lowest BCUT2D eigenvalue weighted by molar-refractivity contribution is -0.120. The molecule has 13 nitrogen and oxygen atoms in total. The number of primary amides is 2. The number of amidine groups is 1. The summed E-state index contributed by atoms with van der Waals surface area (Å²) in [4.78, 5) is 35.6. The molecule has 0 saturated carbocycles. The van der Waals surface area contributed by atoms with Crippen LogP contribution in [0.1, 0.15) is 25.8 Å². The minimum atomic E-state index is -4.36. The van der Waals surface area contributed by atoms with Crippen molar-refractivity contribution in [3.05, 3.63) is 52.3 Å². The Balaban J connectivity index is 1.86. The van der Waals surface area contributed by atoms with Crippen molar-refractivity contribution in [3.8, 4) is 17.2 Å². The fraction of sp³-hybridized carbons (Fsp3) is 0.280. The SMILES string of the molecule is CC(C)CCn1c(=O)c(C2=NS(=O)(=O)c3cc(OCC(N)=O)ccc3N2)c(O)c2cc(OCC(N)=O)ccc21. The van der Waals surface area contributed by atoms with Gasteiger partial charge in [-0.3, -0.25) is 14.4 Å². The van der Waals surface area contributed by atoms with Gasteiger partial charge in [0, 0.05) is 18.0 Å². The van der Waals surface area contributed by atoms with E-state index in [9.17, 15) is 27.9 Å². The molecule has 0 radical (unpaired) electrons. The molecule has 1 aliphatic rings. The highest BCUT2D eigenvalue weighted by Gasteiger charge is 2.30. The molecule has 2 heterocycles. The van der Waals surface area contributed by atoms with E-state index in [1.807, 2.05) is 13.8 Å². The summed E-state index contributed by atoms with van der Waals surface area (Å²) in [7, 11) is -4.36. The van der Waals surface area contributed by atoms with E-state index in [4.69, 9.17) is 20.9 Å². The zero-order valence-corrected chi connectivity index (χ0v) is 21.9. The lowest BCUT2D eigenvalue weighted by Crippen LogP contribution is -2.33. The topological polar surface area (TPSA) is 205 Å². The predicted molar refractivity (Wildman–Crippen MR) is 142 cm³/mol. The number of nitrogens with zero attached hydrogens (tertiary/aromatic N) is 2. The number of ether oxygens (including phenoxy) is 2. The molecule has 1 aromatic heterocycles. The number of aromatic nitrogens is 1. The summed E-state index contributed by atoms with van der Waals surface area (Å²) >= 11 is 0. The summed E-state index contributed by atoms with van der Waals surface area (Å²) in [6, 6.07) is 8.48. The third kappa shape index (κ3) is 5.80. The van der Waals surface area contributed by atoms with Gasteiger partial charge in [-0.1, -0.05) is 13.8 Å². The van der Waals surface area contributed by atoms with Crippen molar-refractivity contribution in [1.82, 2.24) is 4.57 Å². The first-order valence-corrected chi connectivity index (χ1v) is 13.3. The molecule has 6 N–H and O–H groups in total. The number of hydrogen-bond acceptors (Lipinski definition) is 9. The Kier molecular flexibility index (Phi) is 7.49. The zero-order valence-electron chi connectivity index (χ0n) is 21.1. The van der Waals surface area contributed by atoms with Crippen molar-refractivity contribution in [3.63, 3.8) is 0 Å². The van der Waals surface area contributed by atoms with Gasteiger partial charge in [-0.2, -0.15) is 8.42 Å². The van der Waals surface area contributed by atoms with E-state index in [0.29, 0.717) is 11.9 Å². The van der Waals surface area contributed by atoms with Gasteiger partial charge in [0.15, 0.2) is 19.0 Å². The molecule has 39 heavy (non-hydrogen) atoms. The number of carbonyl (C=O) groups is 2. The molecule has 0 atom stereocenters. The smallest absolute Gasteiger partial charge is 0.286 e. The molecule has 0 saturated heterocycles. The molecular weight excluding hydrogens is 530 g/mol. The van der Waals surface area contributed by atoms with E-state index >= 15 is 0 Å². The van der Waals surface area contributed by atoms with E-state index in [-0.39, 0.29) is 51.3 Å². The average molecular weight is 558 g/mol. The maximum absolute atomic E-state index is 13.7. The van der Waals surface area contributed by atoms with Gasteiger partial charge in [0.1, 0.15) is 27.7 Å². The molecule has 2 amide bonds. The van der Waals surface area contributed by atoms with Crippen LogP contribution in [0, 0.1) is 5.92 Å². The second-order valence-electron chi connectivity index (χ2n) is 9.25. The number of pyridine rings is 1.